The van der Waals surface area contributed by atoms with E-state index in [2.05, 4.69) is 4.98 Å². The highest BCUT2D eigenvalue weighted by atomic mass is 32.1. The third-order valence-electron chi connectivity index (χ3n) is 4.16. The van der Waals surface area contributed by atoms with Crippen molar-refractivity contribution in [2.75, 3.05) is 34.4 Å². The molecule has 1 heterocycles. The number of benzene rings is 2. The Bertz CT molecular complexity index is 907. The van der Waals surface area contributed by atoms with E-state index in [1.807, 2.05) is 48.5 Å². The van der Waals surface area contributed by atoms with Crippen molar-refractivity contribution in [2.24, 2.45) is 0 Å². The highest BCUT2D eigenvalue weighted by molar-refractivity contribution is 7.13. The van der Waals surface area contributed by atoms with Gasteiger partial charge in [-0.15, -0.1) is 11.3 Å². The first-order valence-corrected chi connectivity index (χ1v) is 9.61. The van der Waals surface area contributed by atoms with E-state index in [-0.39, 0.29) is 5.91 Å². The SMILES string of the molecule is COc1ccc(OCCN(C)C(=O)c2csc(-c3ccc(OC)cc3)n2)cc1. The van der Waals surface area contributed by atoms with Crippen LogP contribution in [-0.4, -0.2) is 50.2 Å². The molecule has 6 nitrogen and oxygen atoms in total. The van der Waals surface area contributed by atoms with Crippen molar-refractivity contribution >= 4 is 17.2 Å². The highest BCUT2D eigenvalue weighted by Crippen LogP contribution is 2.26. The molecule has 3 rings (SSSR count). The summed E-state index contributed by atoms with van der Waals surface area (Å²) in [5.74, 6) is 2.16. The summed E-state index contributed by atoms with van der Waals surface area (Å²) in [4.78, 5) is 18.7. The van der Waals surface area contributed by atoms with Crippen LogP contribution >= 0.6 is 11.3 Å². The molecule has 28 heavy (non-hydrogen) atoms. The van der Waals surface area contributed by atoms with Gasteiger partial charge in [-0.25, -0.2) is 4.98 Å². The van der Waals surface area contributed by atoms with Crippen LogP contribution < -0.4 is 14.2 Å². The van der Waals surface area contributed by atoms with Crippen LogP contribution in [0.3, 0.4) is 0 Å². The van der Waals surface area contributed by atoms with Gasteiger partial charge in [0.25, 0.3) is 5.91 Å². The normalized spacial score (nSPS) is 10.4. The molecule has 0 saturated heterocycles. The summed E-state index contributed by atoms with van der Waals surface area (Å²) in [5, 5.41) is 2.58. The van der Waals surface area contributed by atoms with E-state index in [1.54, 1.807) is 31.5 Å². The molecule has 0 unspecified atom stereocenters. The lowest BCUT2D eigenvalue weighted by atomic mass is 10.2. The lowest BCUT2D eigenvalue weighted by molar-refractivity contribution is 0.0769. The summed E-state index contributed by atoms with van der Waals surface area (Å²) in [6.07, 6.45) is 0. The smallest absolute Gasteiger partial charge is 0.273 e. The molecule has 0 spiro atoms. The summed E-state index contributed by atoms with van der Waals surface area (Å²) >= 11 is 1.44. The molecule has 0 aliphatic carbocycles. The lowest BCUT2D eigenvalue weighted by Gasteiger charge is -2.16. The minimum absolute atomic E-state index is 0.130. The van der Waals surface area contributed by atoms with Gasteiger partial charge >= 0.3 is 0 Å². The minimum Gasteiger partial charge on any atom is -0.497 e. The lowest BCUT2D eigenvalue weighted by Crippen LogP contribution is -2.31. The monoisotopic (exact) mass is 398 g/mol. The zero-order valence-electron chi connectivity index (χ0n) is 16.0. The second-order valence-electron chi connectivity index (χ2n) is 6.02. The Hall–Kier alpha value is -3.06. The second-order valence-corrected chi connectivity index (χ2v) is 6.88. The third kappa shape index (κ3) is 4.80. The van der Waals surface area contributed by atoms with Crippen molar-refractivity contribution < 1.29 is 19.0 Å². The molecule has 0 bridgehead atoms. The van der Waals surface area contributed by atoms with E-state index in [0.717, 1.165) is 27.8 Å². The predicted octanol–water partition coefficient (Wildman–Crippen LogP) is 3.98. The van der Waals surface area contributed by atoms with Crippen molar-refractivity contribution in [2.45, 2.75) is 0 Å². The molecule has 0 aliphatic rings. The van der Waals surface area contributed by atoms with Gasteiger partial charge in [-0.1, -0.05) is 0 Å². The van der Waals surface area contributed by atoms with E-state index in [9.17, 15) is 4.79 Å². The Morgan fingerprint density at radius 1 is 0.964 bits per heavy atom. The van der Waals surface area contributed by atoms with Crippen molar-refractivity contribution in [1.82, 2.24) is 9.88 Å². The zero-order valence-corrected chi connectivity index (χ0v) is 16.9. The first-order chi connectivity index (χ1) is 13.6. The number of ether oxygens (including phenoxy) is 3. The largest absolute Gasteiger partial charge is 0.497 e. The zero-order chi connectivity index (χ0) is 19.9. The third-order valence-corrected chi connectivity index (χ3v) is 5.05. The average molecular weight is 398 g/mol. The molecule has 7 heteroatoms. The van der Waals surface area contributed by atoms with E-state index < -0.39 is 0 Å². The fraction of sp³-hybridized carbons (Fsp3) is 0.238. The number of hydrogen-bond donors (Lipinski definition) is 0. The Morgan fingerprint density at radius 2 is 1.54 bits per heavy atom. The minimum atomic E-state index is -0.130. The number of aromatic nitrogens is 1. The Balaban J connectivity index is 1.54. The van der Waals surface area contributed by atoms with E-state index >= 15 is 0 Å². The summed E-state index contributed by atoms with van der Waals surface area (Å²) < 4.78 is 16.0. The van der Waals surface area contributed by atoms with Crippen LogP contribution in [0.5, 0.6) is 17.2 Å². The first-order valence-electron chi connectivity index (χ1n) is 8.73. The summed E-state index contributed by atoms with van der Waals surface area (Å²) in [6, 6.07) is 14.9. The molecule has 3 aromatic rings. The van der Waals surface area contributed by atoms with Crippen molar-refractivity contribution in [3.63, 3.8) is 0 Å². The van der Waals surface area contributed by atoms with Crippen LogP contribution in [0, 0.1) is 0 Å². The summed E-state index contributed by atoms with van der Waals surface area (Å²) in [5.41, 5.74) is 1.39. The van der Waals surface area contributed by atoms with Crippen LogP contribution in [0.25, 0.3) is 10.6 Å². The van der Waals surface area contributed by atoms with Gasteiger partial charge in [0, 0.05) is 18.0 Å². The van der Waals surface area contributed by atoms with Crippen molar-refractivity contribution in [3.8, 4) is 27.8 Å². The molecule has 2 aromatic carbocycles. The number of hydrogen-bond acceptors (Lipinski definition) is 6. The van der Waals surface area contributed by atoms with Gasteiger partial charge in [0.2, 0.25) is 0 Å². The van der Waals surface area contributed by atoms with Gasteiger partial charge in [-0.05, 0) is 48.5 Å². The van der Waals surface area contributed by atoms with E-state index in [0.29, 0.717) is 18.8 Å². The molecule has 0 radical (unpaired) electrons. The molecule has 0 fully saturated rings. The molecule has 1 amide bonds. The number of carbonyl (C=O) groups excluding carboxylic acids is 1. The van der Waals surface area contributed by atoms with Gasteiger partial charge in [0.15, 0.2) is 0 Å². The molecule has 0 atom stereocenters. The van der Waals surface area contributed by atoms with Crippen molar-refractivity contribution in [3.05, 3.63) is 59.6 Å². The number of amides is 1. The molecule has 1 aromatic heterocycles. The number of rotatable bonds is 8. The van der Waals surface area contributed by atoms with Gasteiger partial charge in [-0.2, -0.15) is 0 Å². The van der Waals surface area contributed by atoms with Crippen molar-refractivity contribution in [1.29, 1.82) is 0 Å². The topological polar surface area (TPSA) is 60.9 Å². The fourth-order valence-electron chi connectivity index (χ4n) is 2.51. The number of likely N-dealkylation sites (N-methyl/N-ethyl adjacent to an activating group) is 1. The maximum atomic E-state index is 12.6. The number of thiazole rings is 1. The fourth-order valence-corrected chi connectivity index (χ4v) is 3.31. The number of nitrogens with zero attached hydrogens (tertiary/aromatic N) is 2. The van der Waals surface area contributed by atoms with Crippen LogP contribution in [0.4, 0.5) is 0 Å². The average Bonchev–Trinajstić information content (AvgIpc) is 3.24. The van der Waals surface area contributed by atoms with Gasteiger partial charge in [-0.3, -0.25) is 4.79 Å². The van der Waals surface area contributed by atoms with Gasteiger partial charge < -0.3 is 19.1 Å². The van der Waals surface area contributed by atoms with Crippen LogP contribution in [0.2, 0.25) is 0 Å². The van der Waals surface area contributed by atoms with Crippen LogP contribution in [0.1, 0.15) is 10.5 Å². The number of carbonyl (C=O) groups is 1. The molecule has 0 aliphatic heterocycles. The van der Waals surface area contributed by atoms with Gasteiger partial charge in [0.1, 0.15) is 34.6 Å². The second kappa shape index (κ2) is 9.23. The van der Waals surface area contributed by atoms with E-state index in [4.69, 9.17) is 14.2 Å². The quantitative estimate of drug-likeness (QED) is 0.574. The van der Waals surface area contributed by atoms with Crippen LogP contribution in [-0.2, 0) is 0 Å². The van der Waals surface area contributed by atoms with Gasteiger partial charge in [0.05, 0.1) is 20.8 Å². The molecular weight excluding hydrogens is 376 g/mol. The summed E-state index contributed by atoms with van der Waals surface area (Å²) in [7, 11) is 4.99. The maximum absolute atomic E-state index is 12.6. The Labute approximate surface area is 168 Å². The summed E-state index contributed by atoms with van der Waals surface area (Å²) in [6.45, 7) is 0.851. The Kier molecular flexibility index (Phi) is 6.49. The highest BCUT2D eigenvalue weighted by Gasteiger charge is 2.16. The first kappa shape index (κ1) is 19.7. The predicted molar refractivity (Wildman–Crippen MR) is 110 cm³/mol. The maximum Gasteiger partial charge on any atom is 0.273 e. The number of methoxy groups -OCH3 is 2. The molecule has 0 N–H and O–H groups in total. The Morgan fingerprint density at radius 3 is 2.14 bits per heavy atom. The van der Waals surface area contributed by atoms with Crippen LogP contribution in [0.15, 0.2) is 53.9 Å². The standard InChI is InChI=1S/C21H22N2O4S/c1-23(12-13-27-18-10-8-17(26-3)9-11-18)21(24)19-14-28-20(22-19)15-4-6-16(25-2)7-5-15/h4-11,14H,12-13H2,1-3H3. The van der Waals surface area contributed by atoms with E-state index in [1.165, 1.54) is 11.3 Å². The molecular formula is C21H22N2O4S. The molecule has 0 saturated carbocycles. The molecule has 146 valence electrons.